The highest BCUT2D eigenvalue weighted by Gasteiger charge is 2.23. The molecule has 0 fully saturated rings. The van der Waals surface area contributed by atoms with Crippen LogP contribution in [0.4, 0.5) is 0 Å². The molecule has 0 N–H and O–H groups in total. The summed E-state index contributed by atoms with van der Waals surface area (Å²) in [6.07, 6.45) is 2.93. The van der Waals surface area contributed by atoms with E-state index in [-0.39, 0.29) is 11.5 Å². The van der Waals surface area contributed by atoms with Crippen molar-refractivity contribution in [2.24, 2.45) is 0 Å². The topological polar surface area (TPSA) is 56.5 Å². The van der Waals surface area contributed by atoms with E-state index >= 15 is 0 Å². The maximum atomic E-state index is 12.0. The Hall–Kier alpha value is -2.36. The Morgan fingerprint density at radius 3 is 2.82 bits per heavy atom. The summed E-state index contributed by atoms with van der Waals surface area (Å²) in [5.74, 6) is 0.0371. The summed E-state index contributed by atoms with van der Waals surface area (Å²) in [6.45, 7) is 0. The minimum absolute atomic E-state index is 0.212. The van der Waals surface area contributed by atoms with E-state index in [1.165, 1.54) is 13.4 Å². The lowest BCUT2D eigenvalue weighted by atomic mass is 9.93. The van der Waals surface area contributed by atoms with Crippen LogP contribution in [-0.2, 0) is 4.74 Å². The molecule has 1 heterocycles. The lowest BCUT2D eigenvalue weighted by molar-refractivity contribution is 0.0957. The first-order valence-electron chi connectivity index (χ1n) is 5.07. The molecular formula is C13H8O4. The second-order valence-electron chi connectivity index (χ2n) is 3.75. The van der Waals surface area contributed by atoms with Crippen LogP contribution in [-0.4, -0.2) is 12.9 Å². The Labute approximate surface area is 96.1 Å². The van der Waals surface area contributed by atoms with Gasteiger partial charge in [-0.1, -0.05) is 12.1 Å². The van der Waals surface area contributed by atoms with Crippen LogP contribution < -0.4 is 5.63 Å². The highest BCUT2D eigenvalue weighted by molar-refractivity contribution is 6.21. The maximum Gasteiger partial charge on any atom is 0.343 e. The lowest BCUT2D eigenvalue weighted by Crippen LogP contribution is -2.13. The van der Waals surface area contributed by atoms with Gasteiger partial charge in [0.05, 0.1) is 12.5 Å². The molecule has 0 radical (unpaired) electrons. The van der Waals surface area contributed by atoms with Gasteiger partial charge in [0.25, 0.3) is 0 Å². The van der Waals surface area contributed by atoms with E-state index in [1.54, 1.807) is 24.3 Å². The molecule has 2 aromatic rings. The molecule has 1 aromatic carbocycles. The van der Waals surface area contributed by atoms with Crippen molar-refractivity contribution in [2.45, 2.75) is 0 Å². The minimum atomic E-state index is -0.437. The number of hydrogen-bond donors (Lipinski definition) is 0. The summed E-state index contributed by atoms with van der Waals surface area (Å²) in [7, 11) is 1.44. The number of Topliss-reactive ketones (excluding diaryl/α,β-unsaturated/α-hetero) is 1. The summed E-state index contributed by atoms with van der Waals surface area (Å²) in [4.78, 5) is 23.6. The molecule has 1 aliphatic rings. The van der Waals surface area contributed by atoms with Gasteiger partial charge in [-0.15, -0.1) is 0 Å². The highest BCUT2D eigenvalue weighted by Crippen LogP contribution is 2.29. The predicted octanol–water partition coefficient (Wildman–Crippen LogP) is 1.98. The van der Waals surface area contributed by atoms with Crippen molar-refractivity contribution < 1.29 is 13.9 Å². The number of ether oxygens (including phenoxy) is 1. The zero-order chi connectivity index (χ0) is 12.0. The quantitative estimate of drug-likeness (QED) is 0.748. The van der Waals surface area contributed by atoms with Crippen molar-refractivity contribution in [3.05, 3.63) is 51.8 Å². The van der Waals surface area contributed by atoms with Gasteiger partial charge in [-0.05, 0) is 12.1 Å². The molecule has 3 rings (SSSR count). The SMILES string of the molecule is COC1=Cc2coc(=O)c3cccc(c23)C1=O. The average molecular weight is 228 g/mol. The van der Waals surface area contributed by atoms with Crippen LogP contribution in [0.15, 0.2) is 39.4 Å². The summed E-state index contributed by atoms with van der Waals surface area (Å²) >= 11 is 0. The number of carbonyl (C=O) groups is 1. The van der Waals surface area contributed by atoms with Crippen LogP contribution in [0.25, 0.3) is 16.8 Å². The molecule has 0 amide bonds. The number of carbonyl (C=O) groups excluding carboxylic acids is 1. The van der Waals surface area contributed by atoms with Gasteiger partial charge in [-0.3, -0.25) is 4.79 Å². The molecule has 0 spiro atoms. The van der Waals surface area contributed by atoms with Crippen LogP contribution in [0, 0.1) is 0 Å². The number of rotatable bonds is 1. The van der Waals surface area contributed by atoms with E-state index in [2.05, 4.69) is 0 Å². The third-order valence-corrected chi connectivity index (χ3v) is 2.84. The Bertz CT molecular complexity index is 722. The lowest BCUT2D eigenvalue weighted by Gasteiger charge is -2.14. The van der Waals surface area contributed by atoms with Crippen molar-refractivity contribution in [2.75, 3.05) is 7.11 Å². The summed E-state index contributed by atoms with van der Waals surface area (Å²) < 4.78 is 9.93. The van der Waals surface area contributed by atoms with Crippen LogP contribution in [0.1, 0.15) is 15.9 Å². The van der Waals surface area contributed by atoms with E-state index < -0.39 is 5.63 Å². The monoisotopic (exact) mass is 228 g/mol. The van der Waals surface area contributed by atoms with Crippen LogP contribution in [0.2, 0.25) is 0 Å². The minimum Gasteiger partial charge on any atom is -0.493 e. The molecule has 4 nitrogen and oxygen atoms in total. The van der Waals surface area contributed by atoms with Gasteiger partial charge >= 0.3 is 5.63 Å². The fourth-order valence-corrected chi connectivity index (χ4v) is 2.06. The van der Waals surface area contributed by atoms with Gasteiger partial charge in [0, 0.05) is 16.5 Å². The van der Waals surface area contributed by atoms with Gasteiger partial charge in [0.15, 0.2) is 5.76 Å². The van der Waals surface area contributed by atoms with Gasteiger partial charge in [-0.2, -0.15) is 0 Å². The Kier molecular flexibility index (Phi) is 1.92. The first-order chi connectivity index (χ1) is 8.22. The normalized spacial score (nSPS) is 13.7. The molecule has 0 saturated carbocycles. The number of methoxy groups -OCH3 is 1. The highest BCUT2D eigenvalue weighted by atomic mass is 16.5. The molecule has 0 bridgehead atoms. The second kappa shape index (κ2) is 3.31. The van der Waals surface area contributed by atoms with E-state index in [0.717, 1.165) is 0 Å². The third-order valence-electron chi connectivity index (χ3n) is 2.84. The van der Waals surface area contributed by atoms with Crippen LogP contribution >= 0.6 is 0 Å². The third kappa shape index (κ3) is 1.24. The van der Waals surface area contributed by atoms with E-state index in [9.17, 15) is 9.59 Å². The molecule has 4 heteroatoms. The number of ketones is 1. The van der Waals surface area contributed by atoms with Crippen LogP contribution in [0.5, 0.6) is 0 Å². The number of allylic oxidation sites excluding steroid dienone is 1. The van der Waals surface area contributed by atoms with Crippen molar-refractivity contribution in [3.8, 4) is 0 Å². The zero-order valence-electron chi connectivity index (χ0n) is 9.02. The molecule has 84 valence electrons. The Morgan fingerprint density at radius 2 is 2.06 bits per heavy atom. The van der Waals surface area contributed by atoms with Crippen molar-refractivity contribution in [3.63, 3.8) is 0 Å². The average Bonchev–Trinajstić information content (AvgIpc) is 2.36. The molecule has 1 aromatic heterocycles. The standard InChI is InChI=1S/C13H8O4/c1-16-10-5-7-6-17-13(15)9-4-2-3-8(11(7)9)12(10)14/h2-6H,1H3. The number of benzene rings is 1. The van der Waals surface area contributed by atoms with Gasteiger partial charge in [-0.25, -0.2) is 4.79 Å². The Morgan fingerprint density at radius 1 is 1.24 bits per heavy atom. The molecule has 0 saturated heterocycles. The maximum absolute atomic E-state index is 12.0. The first kappa shape index (κ1) is 9.84. The van der Waals surface area contributed by atoms with E-state index in [4.69, 9.17) is 9.15 Å². The smallest absolute Gasteiger partial charge is 0.343 e. The van der Waals surface area contributed by atoms with Crippen molar-refractivity contribution in [1.82, 2.24) is 0 Å². The van der Waals surface area contributed by atoms with Crippen LogP contribution in [0.3, 0.4) is 0 Å². The molecule has 0 unspecified atom stereocenters. The molecular weight excluding hydrogens is 220 g/mol. The van der Waals surface area contributed by atoms with Crippen molar-refractivity contribution >= 4 is 22.6 Å². The summed E-state index contributed by atoms with van der Waals surface area (Å²) in [5, 5.41) is 1.05. The first-order valence-corrected chi connectivity index (χ1v) is 5.07. The molecule has 17 heavy (non-hydrogen) atoms. The molecule has 1 aliphatic carbocycles. The molecule has 0 atom stereocenters. The summed E-state index contributed by atoms with van der Waals surface area (Å²) in [6, 6.07) is 4.99. The zero-order valence-corrected chi connectivity index (χ0v) is 9.02. The largest absolute Gasteiger partial charge is 0.493 e. The Balaban J connectivity index is 2.52. The summed E-state index contributed by atoms with van der Waals surface area (Å²) in [5.41, 5.74) is 0.726. The van der Waals surface area contributed by atoms with Gasteiger partial charge in [0.2, 0.25) is 5.78 Å². The predicted molar refractivity (Wildman–Crippen MR) is 61.8 cm³/mol. The van der Waals surface area contributed by atoms with Crippen molar-refractivity contribution in [1.29, 1.82) is 0 Å². The number of hydrogen-bond acceptors (Lipinski definition) is 4. The molecule has 0 aliphatic heterocycles. The fraction of sp³-hybridized carbons (Fsp3) is 0.0769. The van der Waals surface area contributed by atoms with Gasteiger partial charge < -0.3 is 9.15 Å². The second-order valence-corrected chi connectivity index (χ2v) is 3.75. The van der Waals surface area contributed by atoms with E-state index in [0.29, 0.717) is 21.9 Å². The van der Waals surface area contributed by atoms with Gasteiger partial charge in [0.1, 0.15) is 6.26 Å². The fourth-order valence-electron chi connectivity index (χ4n) is 2.06. The van der Waals surface area contributed by atoms with E-state index in [1.807, 2.05) is 0 Å².